The fraction of sp³-hybridized carbons (Fsp3) is 0.250. The van der Waals surface area contributed by atoms with Gasteiger partial charge in [-0.1, -0.05) is 12.1 Å². The topological polar surface area (TPSA) is 92.8 Å². The number of esters is 1. The number of nitrogens with one attached hydrogen (secondary N) is 2. The number of carbonyl (C=O) groups excluding carboxylic acids is 1. The number of hydrogen-bond donors (Lipinski definition) is 2. The minimum absolute atomic E-state index is 0.0505. The third-order valence-electron chi connectivity index (χ3n) is 5.58. The van der Waals surface area contributed by atoms with E-state index in [1.807, 2.05) is 43.3 Å². The van der Waals surface area contributed by atoms with Gasteiger partial charge in [0.05, 0.1) is 34.5 Å². The van der Waals surface area contributed by atoms with Crippen LogP contribution in [0.5, 0.6) is 0 Å². The van der Waals surface area contributed by atoms with Crippen LogP contribution in [0.1, 0.15) is 28.9 Å². The van der Waals surface area contributed by atoms with Crippen molar-refractivity contribution in [3.63, 3.8) is 0 Å². The predicted octanol–water partition coefficient (Wildman–Crippen LogP) is 3.90. The van der Waals surface area contributed by atoms with E-state index in [0.717, 1.165) is 65.2 Å². The Morgan fingerprint density at radius 1 is 1.10 bits per heavy atom. The summed E-state index contributed by atoms with van der Waals surface area (Å²) in [5.41, 5.74) is 5.53. The van der Waals surface area contributed by atoms with Gasteiger partial charge >= 0.3 is 5.97 Å². The third-order valence-corrected chi connectivity index (χ3v) is 5.58. The molecule has 1 aliphatic heterocycles. The van der Waals surface area contributed by atoms with E-state index in [1.165, 1.54) is 0 Å². The predicted molar refractivity (Wildman–Crippen MR) is 119 cm³/mol. The van der Waals surface area contributed by atoms with Crippen molar-refractivity contribution >= 4 is 16.9 Å². The van der Waals surface area contributed by atoms with Crippen LogP contribution in [0.2, 0.25) is 0 Å². The highest BCUT2D eigenvalue weighted by Gasteiger charge is 2.21. The second-order valence-electron chi connectivity index (χ2n) is 7.74. The molecule has 156 valence electrons. The van der Waals surface area contributed by atoms with E-state index in [2.05, 4.69) is 25.3 Å². The van der Waals surface area contributed by atoms with Crippen LogP contribution in [0.3, 0.4) is 0 Å². The van der Waals surface area contributed by atoms with E-state index in [9.17, 15) is 4.79 Å². The monoisotopic (exact) mass is 413 g/mol. The number of pyridine rings is 2. The van der Waals surface area contributed by atoms with Crippen molar-refractivity contribution in [1.29, 1.82) is 0 Å². The molecular formula is C24H23N5O2. The Bertz CT molecular complexity index is 1240. The molecule has 7 nitrogen and oxygen atoms in total. The van der Waals surface area contributed by atoms with Gasteiger partial charge in [-0.25, -0.2) is 9.78 Å². The zero-order valence-electron chi connectivity index (χ0n) is 17.3. The smallest absolute Gasteiger partial charge is 0.339 e. The van der Waals surface area contributed by atoms with Crippen molar-refractivity contribution in [3.05, 3.63) is 66.2 Å². The summed E-state index contributed by atoms with van der Waals surface area (Å²) in [5, 5.41) is 4.04. The van der Waals surface area contributed by atoms with Crippen molar-refractivity contribution < 1.29 is 9.53 Å². The van der Waals surface area contributed by atoms with Gasteiger partial charge in [0.25, 0.3) is 0 Å². The number of benzene rings is 1. The van der Waals surface area contributed by atoms with Crippen molar-refractivity contribution in [2.24, 2.45) is 0 Å². The first kappa shape index (κ1) is 19.4. The Labute approximate surface area is 179 Å². The molecule has 0 spiro atoms. The molecule has 0 atom stereocenters. The van der Waals surface area contributed by atoms with E-state index in [-0.39, 0.29) is 12.1 Å². The van der Waals surface area contributed by atoms with Crippen LogP contribution in [-0.4, -0.2) is 45.1 Å². The van der Waals surface area contributed by atoms with Crippen molar-refractivity contribution in [2.75, 3.05) is 13.1 Å². The summed E-state index contributed by atoms with van der Waals surface area (Å²) in [6.45, 7) is 3.70. The Hall–Kier alpha value is -3.58. The number of hydrogen-bond acceptors (Lipinski definition) is 6. The fourth-order valence-electron chi connectivity index (χ4n) is 3.99. The number of imidazole rings is 1. The fourth-order valence-corrected chi connectivity index (χ4v) is 3.99. The lowest BCUT2D eigenvalue weighted by Gasteiger charge is -2.23. The summed E-state index contributed by atoms with van der Waals surface area (Å²) in [6, 6.07) is 13.4. The van der Waals surface area contributed by atoms with Gasteiger partial charge in [-0.05, 0) is 63.2 Å². The van der Waals surface area contributed by atoms with E-state index >= 15 is 0 Å². The number of H-pyrrole nitrogens is 1. The Morgan fingerprint density at radius 2 is 1.97 bits per heavy atom. The molecule has 4 heterocycles. The number of aromatic amines is 1. The minimum Gasteiger partial charge on any atom is -0.459 e. The van der Waals surface area contributed by atoms with Crippen LogP contribution in [-0.2, 0) is 4.74 Å². The number of rotatable bonds is 4. The first-order valence-corrected chi connectivity index (χ1v) is 10.5. The second-order valence-corrected chi connectivity index (χ2v) is 7.74. The number of piperidine rings is 1. The molecule has 1 aromatic carbocycles. The maximum atomic E-state index is 12.9. The van der Waals surface area contributed by atoms with E-state index in [1.54, 1.807) is 18.6 Å². The van der Waals surface area contributed by atoms with Gasteiger partial charge in [0.1, 0.15) is 6.10 Å². The summed E-state index contributed by atoms with van der Waals surface area (Å²) in [5.74, 6) is -0.306. The summed E-state index contributed by atoms with van der Waals surface area (Å²) in [4.78, 5) is 29.7. The van der Waals surface area contributed by atoms with Gasteiger partial charge in [0.2, 0.25) is 0 Å². The first-order valence-electron chi connectivity index (χ1n) is 10.5. The average molecular weight is 413 g/mol. The minimum atomic E-state index is -0.306. The largest absolute Gasteiger partial charge is 0.459 e. The van der Waals surface area contributed by atoms with Crippen LogP contribution in [0, 0.1) is 6.92 Å². The molecule has 31 heavy (non-hydrogen) atoms. The summed E-state index contributed by atoms with van der Waals surface area (Å²) in [6.07, 6.45) is 4.93. The number of aromatic nitrogens is 4. The van der Waals surface area contributed by atoms with Crippen LogP contribution in [0.25, 0.3) is 33.5 Å². The quantitative estimate of drug-likeness (QED) is 0.493. The van der Waals surface area contributed by atoms with Crippen molar-refractivity contribution in [3.8, 4) is 22.6 Å². The van der Waals surface area contributed by atoms with Gasteiger partial charge in [0, 0.05) is 22.8 Å². The molecule has 0 radical (unpaired) electrons. The van der Waals surface area contributed by atoms with Crippen LogP contribution >= 0.6 is 0 Å². The lowest BCUT2D eigenvalue weighted by atomic mass is 10.0. The molecule has 4 aromatic rings. The number of fused-ring (bicyclic) bond motifs is 1. The molecule has 0 aliphatic carbocycles. The zero-order chi connectivity index (χ0) is 21.2. The Kier molecular flexibility index (Phi) is 5.18. The summed E-state index contributed by atoms with van der Waals surface area (Å²) < 4.78 is 5.78. The van der Waals surface area contributed by atoms with E-state index < -0.39 is 0 Å². The molecular weight excluding hydrogens is 390 g/mol. The van der Waals surface area contributed by atoms with Crippen LogP contribution in [0.15, 0.2) is 55.0 Å². The zero-order valence-corrected chi connectivity index (χ0v) is 17.3. The molecule has 5 rings (SSSR count). The van der Waals surface area contributed by atoms with Gasteiger partial charge < -0.3 is 15.0 Å². The second kappa shape index (κ2) is 8.28. The molecule has 1 fully saturated rings. The van der Waals surface area contributed by atoms with Gasteiger partial charge in [0.15, 0.2) is 0 Å². The summed E-state index contributed by atoms with van der Waals surface area (Å²) >= 11 is 0. The van der Waals surface area contributed by atoms with Gasteiger partial charge in [-0.3, -0.25) is 9.97 Å². The molecule has 2 N–H and O–H groups in total. The van der Waals surface area contributed by atoms with Gasteiger partial charge in [-0.2, -0.15) is 0 Å². The molecule has 7 heteroatoms. The number of nitrogens with zero attached hydrogens (tertiary/aromatic N) is 3. The number of aryl methyl sites for hydroxylation is 1. The van der Waals surface area contributed by atoms with Crippen molar-refractivity contribution in [1.82, 2.24) is 25.3 Å². The van der Waals surface area contributed by atoms with E-state index in [4.69, 9.17) is 4.74 Å². The molecule has 1 saturated heterocycles. The maximum Gasteiger partial charge on any atom is 0.339 e. The third kappa shape index (κ3) is 3.92. The lowest BCUT2D eigenvalue weighted by Crippen LogP contribution is -2.33. The lowest BCUT2D eigenvalue weighted by molar-refractivity contribution is 0.0232. The average Bonchev–Trinajstić information content (AvgIpc) is 3.29. The molecule has 1 aliphatic rings. The number of ether oxygens (including phenoxy) is 1. The molecule has 0 unspecified atom stereocenters. The highest BCUT2D eigenvalue weighted by molar-refractivity contribution is 6.04. The van der Waals surface area contributed by atoms with Crippen LogP contribution < -0.4 is 5.32 Å². The first-order chi connectivity index (χ1) is 15.2. The van der Waals surface area contributed by atoms with Crippen LogP contribution in [0.4, 0.5) is 0 Å². The highest BCUT2D eigenvalue weighted by Crippen LogP contribution is 2.31. The normalized spacial score (nSPS) is 14.6. The van der Waals surface area contributed by atoms with Gasteiger partial charge in [-0.15, -0.1) is 0 Å². The Balaban J connectivity index is 1.53. The Morgan fingerprint density at radius 3 is 2.81 bits per heavy atom. The highest BCUT2D eigenvalue weighted by atomic mass is 16.5. The molecule has 3 aromatic heterocycles. The molecule has 0 amide bonds. The van der Waals surface area contributed by atoms with E-state index in [0.29, 0.717) is 5.56 Å². The maximum absolute atomic E-state index is 12.9. The number of carbonyl (C=O) groups is 1. The SMILES string of the molecule is Cc1cccc(-c2[nH]cnc2-c2ccc3nccc(C(=O)OC4CCNCC4)c3c2)n1. The molecule has 0 saturated carbocycles. The summed E-state index contributed by atoms with van der Waals surface area (Å²) in [7, 11) is 0. The standard InChI is InChI=1S/C24H23N5O2/c1-15-3-2-4-21(29-15)23-22(27-14-28-23)16-5-6-20-19(13-16)18(9-12-26-20)24(30)31-17-7-10-25-11-8-17/h2-6,9,12-14,17,25H,7-8,10-11H2,1H3,(H,27,28). The molecule has 0 bridgehead atoms. The van der Waals surface area contributed by atoms with Crippen molar-refractivity contribution in [2.45, 2.75) is 25.9 Å².